The summed E-state index contributed by atoms with van der Waals surface area (Å²) in [6.45, 7) is 1.79. The quantitative estimate of drug-likeness (QED) is 0.154. The molecule has 7 nitrogen and oxygen atoms in total. The molecule has 0 saturated carbocycles. The molecule has 4 aromatic rings. The van der Waals surface area contributed by atoms with Gasteiger partial charge in [0.25, 0.3) is 5.56 Å². The Morgan fingerprint density at radius 2 is 1.45 bits per heavy atom. The van der Waals surface area contributed by atoms with Crippen LogP contribution in [0.2, 0.25) is 0 Å². The summed E-state index contributed by atoms with van der Waals surface area (Å²) in [6.07, 6.45) is 1.40. The molecule has 1 aliphatic rings. The van der Waals surface area contributed by atoms with Gasteiger partial charge in [-0.1, -0.05) is 91.0 Å². The van der Waals surface area contributed by atoms with E-state index < -0.39 is 28.5 Å². The molecular weight excluding hydrogens is 500 g/mol. The normalized spacial score (nSPS) is 21.4. The molecule has 38 heavy (non-hydrogen) atoms. The molecule has 3 atom stereocenters. The number of ether oxygens (including phenoxy) is 1. The van der Waals surface area contributed by atoms with Crippen LogP contribution in [0.3, 0.4) is 0 Å². The van der Waals surface area contributed by atoms with Gasteiger partial charge in [0.05, 0.1) is 18.6 Å². The number of rotatable bonds is 8. The molecule has 0 amide bonds. The van der Waals surface area contributed by atoms with Crippen LogP contribution in [-0.4, -0.2) is 34.6 Å². The van der Waals surface area contributed by atoms with Crippen LogP contribution in [0, 0.1) is 6.92 Å². The maximum absolute atomic E-state index is 13.7. The summed E-state index contributed by atoms with van der Waals surface area (Å²) in [5.41, 5.74) is -0.243. The molecule has 0 aliphatic carbocycles. The van der Waals surface area contributed by atoms with Gasteiger partial charge in [0.1, 0.15) is 6.61 Å². The Bertz CT molecular complexity index is 1390. The number of aryl methyl sites for hydroxylation is 1. The van der Waals surface area contributed by atoms with Crippen LogP contribution in [0.25, 0.3) is 0 Å². The number of aromatic amines is 1. The first-order chi connectivity index (χ1) is 18.4. The van der Waals surface area contributed by atoms with Crippen molar-refractivity contribution in [3.05, 3.63) is 140 Å². The number of nitrogens with one attached hydrogen (secondary N) is 1. The van der Waals surface area contributed by atoms with E-state index in [2.05, 4.69) is 4.98 Å². The zero-order valence-corrected chi connectivity index (χ0v) is 22.1. The second-order valence-corrected chi connectivity index (χ2v) is 10.1. The smallest absolute Gasteiger partial charge is 0.330 e. The van der Waals surface area contributed by atoms with Gasteiger partial charge in [0.2, 0.25) is 0 Å². The maximum Gasteiger partial charge on any atom is 0.330 e. The van der Waals surface area contributed by atoms with E-state index >= 15 is 0 Å². The molecule has 196 valence electrons. The number of thiol groups is 1. The van der Waals surface area contributed by atoms with Gasteiger partial charge in [-0.05, 0) is 23.6 Å². The average Bonchev–Trinajstić information content (AvgIpc) is 3.28. The maximum atomic E-state index is 13.7. The zero-order valence-electron chi connectivity index (χ0n) is 21.2. The number of hydrogen-bond donors (Lipinski definition) is 2. The van der Waals surface area contributed by atoms with E-state index in [0.29, 0.717) is 12.0 Å². The lowest BCUT2D eigenvalue weighted by Gasteiger charge is -2.50. The molecule has 1 saturated heterocycles. The molecule has 0 unspecified atom stereocenters. The van der Waals surface area contributed by atoms with E-state index in [9.17, 15) is 9.59 Å². The summed E-state index contributed by atoms with van der Waals surface area (Å²) in [6, 6.07) is 30.0. The molecule has 1 aromatic heterocycles. The predicted molar refractivity (Wildman–Crippen MR) is 148 cm³/mol. The summed E-state index contributed by atoms with van der Waals surface area (Å²) in [5.74, 6) is 0. The predicted octanol–water partition coefficient (Wildman–Crippen LogP) is 4.20. The summed E-state index contributed by atoms with van der Waals surface area (Å²) in [7, 11) is 1.44. The summed E-state index contributed by atoms with van der Waals surface area (Å²) in [5, 5.41) is -0.320. The highest BCUT2D eigenvalue weighted by atomic mass is 32.1. The summed E-state index contributed by atoms with van der Waals surface area (Å²) < 4.78 is 8.55. The minimum atomic E-state index is -1.35. The lowest BCUT2D eigenvalue weighted by Crippen LogP contribution is -2.59. The first-order valence-electron chi connectivity index (χ1n) is 12.4. The molecule has 0 radical (unpaired) electrons. The number of hydrogen-bond acceptors (Lipinski definition) is 6. The molecule has 8 heteroatoms. The van der Waals surface area contributed by atoms with Gasteiger partial charge < -0.3 is 4.74 Å². The fourth-order valence-electron chi connectivity index (χ4n) is 5.73. The summed E-state index contributed by atoms with van der Waals surface area (Å²) in [4.78, 5) is 38.9. The van der Waals surface area contributed by atoms with Crippen molar-refractivity contribution in [1.29, 1.82) is 0 Å². The van der Waals surface area contributed by atoms with Gasteiger partial charge >= 0.3 is 5.69 Å². The standard InChI is InChI=1S/C30H30N2O5S/c1-21-19-32(28(34)31-27(21)33)29(18-26(38)25(37-29)20-36-35-2)30(22-12-6-3-7-13-22,23-14-8-4-9-15-23)24-16-10-5-11-17-24/h3-17,19,25-26,38H,18,20H2,1-2H3,(H,31,33,34)/t25-,26+,29+/m1/s1. The largest absolute Gasteiger partial charge is 0.347 e. The topological polar surface area (TPSA) is 82.6 Å². The molecule has 0 bridgehead atoms. The first kappa shape index (κ1) is 26.2. The minimum absolute atomic E-state index is 0.109. The fraction of sp³-hybridized carbons (Fsp3) is 0.267. The molecular formula is C30H30N2O5S. The molecule has 5 rings (SSSR count). The van der Waals surface area contributed by atoms with Crippen molar-refractivity contribution in [1.82, 2.24) is 9.55 Å². The van der Waals surface area contributed by atoms with Crippen LogP contribution < -0.4 is 11.2 Å². The fourth-order valence-corrected chi connectivity index (χ4v) is 6.12. The Labute approximate surface area is 226 Å². The van der Waals surface area contributed by atoms with Crippen molar-refractivity contribution in [2.75, 3.05) is 13.7 Å². The van der Waals surface area contributed by atoms with E-state index in [1.165, 1.54) is 11.7 Å². The Morgan fingerprint density at radius 1 is 0.947 bits per heavy atom. The monoisotopic (exact) mass is 530 g/mol. The van der Waals surface area contributed by atoms with E-state index in [1.807, 2.05) is 91.0 Å². The van der Waals surface area contributed by atoms with E-state index in [-0.39, 0.29) is 11.9 Å². The molecule has 0 spiro atoms. The Balaban J connectivity index is 1.96. The van der Waals surface area contributed by atoms with Gasteiger partial charge in [0, 0.05) is 23.4 Å². The molecule has 1 aliphatic heterocycles. The zero-order chi connectivity index (χ0) is 26.8. The van der Waals surface area contributed by atoms with Crippen LogP contribution in [-0.2, 0) is 25.7 Å². The molecule has 1 fully saturated rings. The Kier molecular flexibility index (Phi) is 7.40. The lowest BCUT2D eigenvalue weighted by molar-refractivity contribution is -0.292. The van der Waals surface area contributed by atoms with E-state index in [1.54, 1.807) is 13.1 Å². The average molecular weight is 531 g/mol. The van der Waals surface area contributed by atoms with Crippen molar-refractivity contribution in [2.24, 2.45) is 0 Å². The van der Waals surface area contributed by atoms with Gasteiger partial charge in [-0.3, -0.25) is 14.3 Å². The minimum Gasteiger partial charge on any atom is -0.347 e. The Morgan fingerprint density at radius 3 is 1.92 bits per heavy atom. The van der Waals surface area contributed by atoms with Gasteiger partial charge in [-0.25, -0.2) is 14.6 Å². The third-order valence-corrected chi connectivity index (χ3v) is 7.84. The highest BCUT2D eigenvalue weighted by Gasteiger charge is 2.63. The van der Waals surface area contributed by atoms with Crippen LogP contribution in [0.15, 0.2) is 107 Å². The molecule has 1 N–H and O–H groups in total. The third kappa shape index (κ3) is 4.23. The van der Waals surface area contributed by atoms with Gasteiger partial charge in [0.15, 0.2) is 5.72 Å². The van der Waals surface area contributed by atoms with E-state index in [0.717, 1.165) is 16.7 Å². The van der Waals surface area contributed by atoms with Crippen LogP contribution in [0.1, 0.15) is 28.7 Å². The number of nitrogens with zero attached hydrogens (tertiary/aromatic N) is 1. The van der Waals surface area contributed by atoms with Gasteiger partial charge in [-0.15, -0.1) is 0 Å². The first-order valence-corrected chi connectivity index (χ1v) is 13.0. The van der Waals surface area contributed by atoms with Crippen molar-refractivity contribution in [2.45, 2.75) is 35.8 Å². The number of H-pyrrole nitrogens is 1. The van der Waals surface area contributed by atoms with E-state index in [4.69, 9.17) is 27.1 Å². The third-order valence-electron chi connectivity index (χ3n) is 7.33. The van der Waals surface area contributed by atoms with Gasteiger partial charge in [-0.2, -0.15) is 12.6 Å². The second kappa shape index (κ2) is 10.7. The van der Waals surface area contributed by atoms with Crippen LogP contribution in [0.4, 0.5) is 0 Å². The van der Waals surface area contributed by atoms with Crippen molar-refractivity contribution in [3.8, 4) is 0 Å². The molecule has 3 aromatic carbocycles. The van der Waals surface area contributed by atoms with Crippen molar-refractivity contribution in [3.63, 3.8) is 0 Å². The van der Waals surface area contributed by atoms with Crippen LogP contribution >= 0.6 is 12.6 Å². The van der Waals surface area contributed by atoms with Crippen molar-refractivity contribution < 1.29 is 14.5 Å². The SMILES string of the molecule is COOC[C@H]1O[C@](n2cc(C)c(=O)[nH]c2=O)(C(c2ccccc2)(c2ccccc2)c2ccccc2)C[C@@H]1S. The van der Waals surface area contributed by atoms with Crippen LogP contribution in [0.5, 0.6) is 0 Å². The highest BCUT2D eigenvalue weighted by Crippen LogP contribution is 2.57. The molecule has 2 heterocycles. The highest BCUT2D eigenvalue weighted by molar-refractivity contribution is 7.81. The second-order valence-electron chi connectivity index (χ2n) is 9.45. The number of benzene rings is 3. The Hall–Kier alpha value is -3.43. The lowest BCUT2D eigenvalue weighted by atomic mass is 9.61. The number of aromatic nitrogens is 2. The summed E-state index contributed by atoms with van der Waals surface area (Å²) >= 11 is 4.93. The van der Waals surface area contributed by atoms with Crippen molar-refractivity contribution >= 4 is 12.6 Å².